The molecule has 7 heteroatoms. The minimum atomic E-state index is -0.625. The smallest absolute Gasteiger partial charge is 0.326 e. The fraction of sp³-hybridized carbons (Fsp3) is 0.286. The Kier molecular flexibility index (Phi) is 6.36. The number of ether oxygens (including phenoxy) is 1. The number of nitrogens with one attached hydrogen (secondary N) is 1. The van der Waals surface area contributed by atoms with Crippen molar-refractivity contribution in [2.24, 2.45) is 0 Å². The number of esters is 1. The minimum absolute atomic E-state index is 0.157. The van der Waals surface area contributed by atoms with Crippen LogP contribution in [0.3, 0.4) is 0 Å². The standard InChI is InChI=1S/C21H22N2O4S/c1-14(2)15-7-9-16(10-8-15)22-19(24)12-27-21(26)11-23-17-5-3-4-6-18(17)28-13-20(23)25/h3-10,14H,11-13H2,1-2H3,(H,22,24). The second-order valence-corrected chi connectivity index (χ2v) is 7.74. The molecule has 1 aliphatic rings. The van der Waals surface area contributed by atoms with E-state index in [9.17, 15) is 14.4 Å². The molecule has 3 rings (SSSR count). The maximum Gasteiger partial charge on any atom is 0.326 e. The highest BCUT2D eigenvalue weighted by molar-refractivity contribution is 8.00. The largest absolute Gasteiger partial charge is 0.454 e. The second-order valence-electron chi connectivity index (χ2n) is 6.72. The fourth-order valence-electron chi connectivity index (χ4n) is 2.80. The van der Waals surface area contributed by atoms with Gasteiger partial charge in [-0.1, -0.05) is 38.1 Å². The van der Waals surface area contributed by atoms with E-state index < -0.39 is 18.5 Å². The summed E-state index contributed by atoms with van der Waals surface area (Å²) in [5.74, 6) is -0.522. The Bertz CT molecular complexity index is 880. The van der Waals surface area contributed by atoms with Gasteiger partial charge in [0.2, 0.25) is 5.91 Å². The van der Waals surface area contributed by atoms with Gasteiger partial charge in [-0.15, -0.1) is 11.8 Å². The molecule has 1 N–H and O–H groups in total. The van der Waals surface area contributed by atoms with Gasteiger partial charge in [0.25, 0.3) is 5.91 Å². The fourth-order valence-corrected chi connectivity index (χ4v) is 3.73. The zero-order chi connectivity index (χ0) is 20.1. The number of fused-ring (bicyclic) bond motifs is 1. The number of nitrogens with zero attached hydrogens (tertiary/aromatic N) is 1. The molecule has 0 saturated heterocycles. The van der Waals surface area contributed by atoms with Gasteiger partial charge in [-0.2, -0.15) is 0 Å². The Balaban J connectivity index is 1.51. The third kappa shape index (κ3) is 4.92. The van der Waals surface area contributed by atoms with Gasteiger partial charge in [0.1, 0.15) is 6.54 Å². The van der Waals surface area contributed by atoms with Crippen LogP contribution >= 0.6 is 11.8 Å². The number of carbonyl (C=O) groups excluding carboxylic acids is 3. The van der Waals surface area contributed by atoms with Crippen molar-refractivity contribution >= 4 is 40.9 Å². The molecular weight excluding hydrogens is 376 g/mol. The number of hydrogen-bond acceptors (Lipinski definition) is 5. The van der Waals surface area contributed by atoms with Crippen molar-refractivity contribution in [2.45, 2.75) is 24.7 Å². The van der Waals surface area contributed by atoms with Gasteiger partial charge in [0.05, 0.1) is 11.4 Å². The Hall–Kier alpha value is -2.80. The molecule has 28 heavy (non-hydrogen) atoms. The van der Waals surface area contributed by atoms with Gasteiger partial charge in [-0.25, -0.2) is 0 Å². The Morgan fingerprint density at radius 1 is 1.14 bits per heavy atom. The van der Waals surface area contributed by atoms with Gasteiger partial charge in [0, 0.05) is 10.6 Å². The van der Waals surface area contributed by atoms with E-state index in [0.29, 0.717) is 17.3 Å². The number of amides is 2. The molecule has 0 radical (unpaired) electrons. The first-order chi connectivity index (χ1) is 13.4. The number of thioether (sulfide) groups is 1. The van der Waals surface area contributed by atoms with Crippen LogP contribution in [0.4, 0.5) is 11.4 Å². The molecule has 2 aromatic rings. The first-order valence-corrected chi connectivity index (χ1v) is 10.00. The summed E-state index contributed by atoms with van der Waals surface area (Å²) >= 11 is 1.44. The van der Waals surface area contributed by atoms with Gasteiger partial charge in [-0.3, -0.25) is 19.3 Å². The summed E-state index contributed by atoms with van der Waals surface area (Å²) in [7, 11) is 0. The highest BCUT2D eigenvalue weighted by Crippen LogP contribution is 2.34. The second kappa shape index (κ2) is 8.93. The van der Waals surface area contributed by atoms with Crippen molar-refractivity contribution in [3.05, 3.63) is 54.1 Å². The summed E-state index contributed by atoms with van der Waals surface area (Å²) in [6.45, 7) is 3.57. The molecule has 2 aromatic carbocycles. The van der Waals surface area contributed by atoms with E-state index >= 15 is 0 Å². The Morgan fingerprint density at radius 2 is 1.86 bits per heavy atom. The molecule has 146 valence electrons. The molecule has 0 fully saturated rings. The van der Waals surface area contributed by atoms with Gasteiger partial charge in [-0.05, 0) is 35.7 Å². The van der Waals surface area contributed by atoms with Crippen molar-refractivity contribution in [1.29, 1.82) is 0 Å². The minimum Gasteiger partial charge on any atom is -0.454 e. The maximum atomic E-state index is 12.2. The van der Waals surface area contributed by atoms with Crippen LogP contribution in [-0.4, -0.2) is 36.7 Å². The Labute approximate surface area is 168 Å². The summed E-state index contributed by atoms with van der Waals surface area (Å²) < 4.78 is 5.05. The van der Waals surface area contributed by atoms with Crippen molar-refractivity contribution in [3.63, 3.8) is 0 Å². The lowest BCUT2D eigenvalue weighted by Gasteiger charge is -2.27. The Morgan fingerprint density at radius 3 is 2.57 bits per heavy atom. The van der Waals surface area contributed by atoms with E-state index in [1.165, 1.54) is 22.2 Å². The molecular formula is C21H22N2O4S. The number of anilines is 2. The predicted octanol–water partition coefficient (Wildman–Crippen LogP) is 3.43. The zero-order valence-electron chi connectivity index (χ0n) is 15.8. The van der Waals surface area contributed by atoms with E-state index in [-0.39, 0.29) is 18.2 Å². The maximum absolute atomic E-state index is 12.2. The van der Waals surface area contributed by atoms with Crippen molar-refractivity contribution < 1.29 is 19.1 Å². The molecule has 0 unspecified atom stereocenters. The van der Waals surface area contributed by atoms with Crippen molar-refractivity contribution in [3.8, 4) is 0 Å². The van der Waals surface area contributed by atoms with E-state index in [2.05, 4.69) is 19.2 Å². The molecule has 6 nitrogen and oxygen atoms in total. The number of benzene rings is 2. The lowest BCUT2D eigenvalue weighted by Crippen LogP contribution is -2.40. The first kappa shape index (κ1) is 19.9. The van der Waals surface area contributed by atoms with Crippen LogP contribution in [-0.2, 0) is 19.1 Å². The van der Waals surface area contributed by atoms with E-state index in [0.717, 1.165) is 4.90 Å². The molecule has 1 aliphatic heterocycles. The molecule has 0 aromatic heterocycles. The van der Waals surface area contributed by atoms with E-state index in [1.54, 1.807) is 6.07 Å². The van der Waals surface area contributed by atoms with Crippen LogP contribution in [0.5, 0.6) is 0 Å². The molecule has 0 bridgehead atoms. The van der Waals surface area contributed by atoms with Crippen molar-refractivity contribution in [1.82, 2.24) is 0 Å². The monoisotopic (exact) mass is 398 g/mol. The molecule has 0 aliphatic carbocycles. The average Bonchev–Trinajstić information content (AvgIpc) is 2.69. The third-order valence-electron chi connectivity index (χ3n) is 4.32. The van der Waals surface area contributed by atoms with Gasteiger partial charge >= 0.3 is 5.97 Å². The van der Waals surface area contributed by atoms with Gasteiger partial charge in [0.15, 0.2) is 6.61 Å². The highest BCUT2D eigenvalue weighted by atomic mass is 32.2. The average molecular weight is 398 g/mol. The van der Waals surface area contributed by atoms with Crippen LogP contribution in [0.15, 0.2) is 53.4 Å². The number of hydrogen-bond donors (Lipinski definition) is 1. The van der Waals surface area contributed by atoms with Crippen LogP contribution in [0.25, 0.3) is 0 Å². The van der Waals surface area contributed by atoms with Crippen molar-refractivity contribution in [2.75, 3.05) is 29.1 Å². The van der Waals surface area contributed by atoms with Crippen LogP contribution in [0, 0.1) is 0 Å². The lowest BCUT2D eigenvalue weighted by molar-refractivity contribution is -0.146. The summed E-state index contributed by atoms with van der Waals surface area (Å²) in [6, 6.07) is 14.9. The predicted molar refractivity (Wildman–Crippen MR) is 110 cm³/mol. The molecule has 0 saturated carbocycles. The van der Waals surface area contributed by atoms with Crippen LogP contribution < -0.4 is 10.2 Å². The molecule has 2 amide bonds. The summed E-state index contributed by atoms with van der Waals surface area (Å²) in [6.07, 6.45) is 0. The molecule has 0 spiro atoms. The first-order valence-electron chi connectivity index (χ1n) is 9.01. The summed E-state index contributed by atoms with van der Waals surface area (Å²) in [5, 5.41) is 2.69. The van der Waals surface area contributed by atoms with Crippen LogP contribution in [0.1, 0.15) is 25.3 Å². The topological polar surface area (TPSA) is 75.7 Å². The van der Waals surface area contributed by atoms with E-state index in [4.69, 9.17) is 4.74 Å². The zero-order valence-corrected chi connectivity index (χ0v) is 16.6. The number of para-hydroxylation sites is 1. The highest BCUT2D eigenvalue weighted by Gasteiger charge is 2.26. The normalized spacial score (nSPS) is 13.2. The quantitative estimate of drug-likeness (QED) is 0.755. The van der Waals surface area contributed by atoms with Gasteiger partial charge < -0.3 is 10.1 Å². The molecule has 0 atom stereocenters. The van der Waals surface area contributed by atoms with E-state index in [1.807, 2.05) is 42.5 Å². The number of rotatable bonds is 6. The molecule has 1 heterocycles. The third-order valence-corrected chi connectivity index (χ3v) is 5.37. The lowest BCUT2D eigenvalue weighted by atomic mass is 10.0. The SMILES string of the molecule is CC(C)c1ccc(NC(=O)COC(=O)CN2C(=O)CSc3ccccc32)cc1. The summed E-state index contributed by atoms with van der Waals surface area (Å²) in [4.78, 5) is 38.7. The van der Waals surface area contributed by atoms with Crippen LogP contribution in [0.2, 0.25) is 0 Å². The summed E-state index contributed by atoms with van der Waals surface area (Å²) in [5.41, 5.74) is 2.51. The number of carbonyl (C=O) groups is 3.